The Morgan fingerprint density at radius 3 is 2.75 bits per heavy atom. The van der Waals surface area contributed by atoms with Gasteiger partial charge in [-0.25, -0.2) is 0 Å². The molecule has 0 fully saturated rings. The topological polar surface area (TPSA) is 12.0 Å². The van der Waals surface area contributed by atoms with Crippen LogP contribution in [0.4, 0.5) is 0 Å². The van der Waals surface area contributed by atoms with Gasteiger partial charge in [-0.15, -0.1) is 0 Å². The van der Waals surface area contributed by atoms with E-state index in [0.717, 1.165) is 19.4 Å². The van der Waals surface area contributed by atoms with E-state index in [1.807, 2.05) is 0 Å². The first kappa shape index (κ1) is 12.8. The van der Waals surface area contributed by atoms with Crippen LogP contribution in [0.2, 0.25) is 0 Å². The largest absolute Gasteiger partial charge is 0.385 e. The molecule has 1 aliphatic rings. The standard InChI is InChI=1S/C15H23N/c1-5-12(3)11-13(4)15-8-7-14(6-2)9-10-16-15/h5,7-8,11,16H,6,9-10H2,1-4H3/b12-5-,13-11-. The Balaban J connectivity index is 2.84. The molecule has 0 aromatic carbocycles. The molecule has 1 aliphatic heterocycles. The highest BCUT2D eigenvalue weighted by Gasteiger charge is 2.03. The lowest BCUT2D eigenvalue weighted by Crippen LogP contribution is -2.14. The van der Waals surface area contributed by atoms with Crippen molar-refractivity contribution in [3.63, 3.8) is 0 Å². The van der Waals surface area contributed by atoms with E-state index in [1.165, 1.54) is 22.4 Å². The Kier molecular flexibility index (Phi) is 5.10. The first-order valence-corrected chi connectivity index (χ1v) is 6.12. The average Bonchev–Trinajstić information content (AvgIpc) is 2.53. The summed E-state index contributed by atoms with van der Waals surface area (Å²) in [6, 6.07) is 0. The molecule has 1 heteroatoms. The lowest BCUT2D eigenvalue weighted by Gasteiger charge is -2.09. The summed E-state index contributed by atoms with van der Waals surface area (Å²) in [4.78, 5) is 0. The molecule has 0 aromatic rings. The molecule has 1 N–H and O–H groups in total. The quantitative estimate of drug-likeness (QED) is 0.701. The van der Waals surface area contributed by atoms with Crippen molar-refractivity contribution in [2.45, 2.75) is 40.5 Å². The Labute approximate surface area is 99.6 Å². The molecule has 1 heterocycles. The smallest absolute Gasteiger partial charge is 0.0370 e. The van der Waals surface area contributed by atoms with E-state index in [9.17, 15) is 0 Å². The maximum atomic E-state index is 3.49. The van der Waals surface area contributed by atoms with Crippen LogP contribution in [0.25, 0.3) is 0 Å². The molecule has 0 atom stereocenters. The first-order valence-electron chi connectivity index (χ1n) is 6.12. The summed E-state index contributed by atoms with van der Waals surface area (Å²) in [6.45, 7) is 9.64. The van der Waals surface area contributed by atoms with Crippen molar-refractivity contribution < 1.29 is 0 Å². The van der Waals surface area contributed by atoms with Gasteiger partial charge in [0, 0.05) is 12.2 Å². The zero-order valence-corrected chi connectivity index (χ0v) is 10.9. The molecular formula is C15H23N. The van der Waals surface area contributed by atoms with Gasteiger partial charge < -0.3 is 5.32 Å². The highest BCUT2D eigenvalue weighted by atomic mass is 14.9. The van der Waals surface area contributed by atoms with Gasteiger partial charge in [-0.2, -0.15) is 0 Å². The van der Waals surface area contributed by atoms with Crippen molar-refractivity contribution in [1.29, 1.82) is 0 Å². The third-order valence-corrected chi connectivity index (χ3v) is 3.03. The van der Waals surface area contributed by atoms with Crippen molar-refractivity contribution >= 4 is 0 Å². The van der Waals surface area contributed by atoms with E-state index in [1.54, 1.807) is 0 Å². The number of hydrogen-bond donors (Lipinski definition) is 1. The van der Waals surface area contributed by atoms with Crippen LogP contribution in [0.15, 0.2) is 46.7 Å². The number of allylic oxidation sites excluding steroid dienone is 6. The summed E-state index contributed by atoms with van der Waals surface area (Å²) in [5.41, 5.74) is 5.40. The molecule has 88 valence electrons. The van der Waals surface area contributed by atoms with Crippen molar-refractivity contribution in [1.82, 2.24) is 5.32 Å². The third-order valence-electron chi connectivity index (χ3n) is 3.03. The van der Waals surface area contributed by atoms with E-state index in [0.29, 0.717) is 0 Å². The maximum Gasteiger partial charge on any atom is 0.0370 e. The normalized spacial score (nSPS) is 18.5. The van der Waals surface area contributed by atoms with Gasteiger partial charge in [-0.3, -0.25) is 0 Å². The minimum atomic E-state index is 1.05. The molecule has 0 unspecified atom stereocenters. The lowest BCUT2D eigenvalue weighted by atomic mass is 10.1. The monoisotopic (exact) mass is 217 g/mol. The third kappa shape index (κ3) is 3.73. The fourth-order valence-corrected chi connectivity index (χ4v) is 1.77. The molecule has 1 nitrogen and oxygen atoms in total. The van der Waals surface area contributed by atoms with Crippen LogP contribution < -0.4 is 5.32 Å². The van der Waals surface area contributed by atoms with Crippen LogP contribution in [0, 0.1) is 0 Å². The van der Waals surface area contributed by atoms with Gasteiger partial charge in [-0.1, -0.05) is 36.3 Å². The molecule has 16 heavy (non-hydrogen) atoms. The molecule has 0 saturated heterocycles. The van der Waals surface area contributed by atoms with Crippen LogP contribution in [-0.4, -0.2) is 6.54 Å². The predicted octanol–water partition coefficient (Wildman–Crippen LogP) is 4.11. The second kappa shape index (κ2) is 6.37. The number of rotatable bonds is 3. The van der Waals surface area contributed by atoms with E-state index < -0.39 is 0 Å². The molecule has 0 saturated carbocycles. The zero-order chi connectivity index (χ0) is 12.0. The summed E-state index contributed by atoms with van der Waals surface area (Å²) in [6.07, 6.45) is 11.1. The summed E-state index contributed by atoms with van der Waals surface area (Å²) < 4.78 is 0. The Morgan fingerprint density at radius 2 is 2.12 bits per heavy atom. The Bertz CT molecular complexity index is 354. The average molecular weight is 217 g/mol. The molecule has 0 amide bonds. The predicted molar refractivity (Wildman–Crippen MR) is 72.3 cm³/mol. The fourth-order valence-electron chi connectivity index (χ4n) is 1.77. The summed E-state index contributed by atoms with van der Waals surface area (Å²) in [7, 11) is 0. The summed E-state index contributed by atoms with van der Waals surface area (Å²) >= 11 is 0. The number of hydrogen-bond acceptors (Lipinski definition) is 1. The van der Waals surface area contributed by atoms with Crippen molar-refractivity contribution in [3.05, 3.63) is 46.7 Å². The fraction of sp³-hybridized carbons (Fsp3) is 0.467. The van der Waals surface area contributed by atoms with Gasteiger partial charge in [0.15, 0.2) is 0 Å². The summed E-state index contributed by atoms with van der Waals surface area (Å²) in [5.74, 6) is 0. The van der Waals surface area contributed by atoms with Gasteiger partial charge in [0.2, 0.25) is 0 Å². The molecule has 0 spiro atoms. The molecule has 0 radical (unpaired) electrons. The van der Waals surface area contributed by atoms with Gasteiger partial charge >= 0.3 is 0 Å². The molecule has 0 bridgehead atoms. The zero-order valence-electron chi connectivity index (χ0n) is 10.9. The van der Waals surface area contributed by atoms with Crippen molar-refractivity contribution in [2.24, 2.45) is 0 Å². The molecule has 0 aromatic heterocycles. The van der Waals surface area contributed by atoms with Gasteiger partial charge in [0.1, 0.15) is 0 Å². The van der Waals surface area contributed by atoms with Gasteiger partial charge in [0.25, 0.3) is 0 Å². The highest BCUT2D eigenvalue weighted by Crippen LogP contribution is 2.15. The van der Waals surface area contributed by atoms with E-state index in [-0.39, 0.29) is 0 Å². The van der Waals surface area contributed by atoms with Crippen molar-refractivity contribution in [3.8, 4) is 0 Å². The van der Waals surface area contributed by atoms with E-state index in [2.05, 4.69) is 57.3 Å². The maximum absolute atomic E-state index is 3.49. The minimum absolute atomic E-state index is 1.05. The van der Waals surface area contributed by atoms with Crippen molar-refractivity contribution in [2.75, 3.05) is 6.54 Å². The van der Waals surface area contributed by atoms with Crippen LogP contribution in [0.3, 0.4) is 0 Å². The van der Waals surface area contributed by atoms with Gasteiger partial charge in [-0.05, 0) is 45.3 Å². The van der Waals surface area contributed by atoms with Crippen LogP contribution in [-0.2, 0) is 0 Å². The Hall–Kier alpha value is -1.24. The SMILES string of the molecule is C/C=C(C)\C=C(\C)C1=CC=C(CC)CCN1. The van der Waals surface area contributed by atoms with E-state index >= 15 is 0 Å². The molecule has 0 aliphatic carbocycles. The minimum Gasteiger partial charge on any atom is -0.385 e. The lowest BCUT2D eigenvalue weighted by molar-refractivity contribution is 0.781. The van der Waals surface area contributed by atoms with Crippen LogP contribution in [0.5, 0.6) is 0 Å². The first-order chi connectivity index (χ1) is 7.67. The second-order valence-electron chi connectivity index (χ2n) is 4.30. The molecular weight excluding hydrogens is 194 g/mol. The second-order valence-corrected chi connectivity index (χ2v) is 4.30. The summed E-state index contributed by atoms with van der Waals surface area (Å²) in [5, 5.41) is 3.49. The van der Waals surface area contributed by atoms with Crippen LogP contribution in [0.1, 0.15) is 40.5 Å². The van der Waals surface area contributed by atoms with Crippen LogP contribution >= 0.6 is 0 Å². The molecule has 1 rings (SSSR count). The highest BCUT2D eigenvalue weighted by molar-refractivity contribution is 5.37. The van der Waals surface area contributed by atoms with E-state index in [4.69, 9.17) is 0 Å². The Morgan fingerprint density at radius 1 is 1.38 bits per heavy atom. The number of nitrogens with one attached hydrogen (secondary N) is 1. The van der Waals surface area contributed by atoms with Gasteiger partial charge in [0.05, 0.1) is 0 Å².